The number of nitrogens with one attached hydrogen (secondary N) is 2. The fourth-order valence-corrected chi connectivity index (χ4v) is 3.34. The topological polar surface area (TPSA) is 75.2 Å². The molecule has 1 aliphatic heterocycles. The summed E-state index contributed by atoms with van der Waals surface area (Å²) in [5, 5.41) is 6.44. The van der Waals surface area contributed by atoms with Crippen molar-refractivity contribution < 1.29 is 14.3 Å². The molecule has 0 radical (unpaired) electrons. The van der Waals surface area contributed by atoms with Crippen molar-refractivity contribution in [3.8, 4) is 11.5 Å². The standard InChI is InChI=1S/C21H34N4O3/c1-16-9-7-8-14-25(16)20(26)12-13-23-21(22-3)24-15-17(2)28-19-11-6-5-10-18(19)27-4/h5-6,10-11,16-17H,7-9,12-15H2,1-4H3,(H2,22,23,24). The van der Waals surface area contributed by atoms with Gasteiger partial charge in [0.15, 0.2) is 17.5 Å². The first-order valence-electron chi connectivity index (χ1n) is 10.1. The Balaban J connectivity index is 1.71. The smallest absolute Gasteiger partial charge is 0.224 e. The molecule has 0 aromatic heterocycles. The average molecular weight is 391 g/mol. The Bertz CT molecular complexity index is 650. The lowest BCUT2D eigenvalue weighted by molar-refractivity contribution is -0.134. The zero-order valence-corrected chi connectivity index (χ0v) is 17.5. The van der Waals surface area contributed by atoms with Crippen LogP contribution in [0.1, 0.15) is 39.5 Å². The van der Waals surface area contributed by atoms with Crippen molar-refractivity contribution in [1.82, 2.24) is 15.5 Å². The van der Waals surface area contributed by atoms with E-state index in [9.17, 15) is 4.79 Å². The van der Waals surface area contributed by atoms with Gasteiger partial charge >= 0.3 is 0 Å². The van der Waals surface area contributed by atoms with E-state index in [1.807, 2.05) is 36.1 Å². The quantitative estimate of drug-likeness (QED) is 0.527. The lowest BCUT2D eigenvalue weighted by Crippen LogP contribution is -2.45. The molecule has 1 aromatic rings. The van der Waals surface area contributed by atoms with Crippen LogP contribution < -0.4 is 20.1 Å². The molecule has 2 N–H and O–H groups in total. The van der Waals surface area contributed by atoms with Gasteiger partial charge in [-0.05, 0) is 45.2 Å². The van der Waals surface area contributed by atoms with Crippen LogP contribution in [-0.4, -0.2) is 62.7 Å². The molecule has 2 atom stereocenters. The fourth-order valence-electron chi connectivity index (χ4n) is 3.34. The fraction of sp³-hybridized carbons (Fsp3) is 0.619. The summed E-state index contributed by atoms with van der Waals surface area (Å²) in [5.74, 6) is 2.30. The number of ether oxygens (including phenoxy) is 2. The van der Waals surface area contributed by atoms with E-state index >= 15 is 0 Å². The number of amides is 1. The molecule has 1 aliphatic rings. The maximum absolute atomic E-state index is 12.4. The van der Waals surface area contributed by atoms with Crippen molar-refractivity contribution in [3.05, 3.63) is 24.3 Å². The van der Waals surface area contributed by atoms with Crippen LogP contribution in [0.2, 0.25) is 0 Å². The maximum atomic E-state index is 12.4. The predicted molar refractivity (Wildman–Crippen MR) is 112 cm³/mol. The molecule has 0 saturated carbocycles. The molecule has 2 rings (SSSR count). The second-order valence-corrected chi connectivity index (χ2v) is 7.14. The van der Waals surface area contributed by atoms with Crippen molar-refractivity contribution in [3.63, 3.8) is 0 Å². The van der Waals surface area contributed by atoms with Crippen LogP contribution in [0, 0.1) is 0 Å². The highest BCUT2D eigenvalue weighted by atomic mass is 16.5. The summed E-state index contributed by atoms with van der Waals surface area (Å²) in [7, 11) is 3.35. The molecular weight excluding hydrogens is 356 g/mol. The third-order valence-corrected chi connectivity index (χ3v) is 4.93. The Labute approximate surface area is 168 Å². The lowest BCUT2D eigenvalue weighted by atomic mass is 10.0. The Morgan fingerprint density at radius 1 is 1.29 bits per heavy atom. The highest BCUT2D eigenvalue weighted by Gasteiger charge is 2.22. The van der Waals surface area contributed by atoms with Gasteiger partial charge in [-0.25, -0.2) is 0 Å². The number of hydrogen-bond donors (Lipinski definition) is 2. The first kappa shape index (κ1) is 21.9. The average Bonchev–Trinajstić information content (AvgIpc) is 2.71. The Morgan fingerprint density at radius 3 is 2.71 bits per heavy atom. The lowest BCUT2D eigenvalue weighted by Gasteiger charge is -2.33. The number of hydrogen-bond acceptors (Lipinski definition) is 4. The number of carbonyl (C=O) groups is 1. The monoisotopic (exact) mass is 390 g/mol. The van der Waals surface area contributed by atoms with Crippen LogP contribution >= 0.6 is 0 Å². The number of aliphatic imine (C=N–C) groups is 1. The summed E-state index contributed by atoms with van der Waals surface area (Å²) in [6.45, 7) is 6.13. The first-order chi connectivity index (χ1) is 13.5. The normalized spacial score (nSPS) is 18.4. The van der Waals surface area contributed by atoms with Crippen molar-refractivity contribution in [2.45, 2.75) is 51.7 Å². The van der Waals surface area contributed by atoms with Gasteiger partial charge in [0.2, 0.25) is 5.91 Å². The largest absolute Gasteiger partial charge is 0.493 e. The zero-order valence-electron chi connectivity index (χ0n) is 17.5. The number of carbonyl (C=O) groups excluding carboxylic acids is 1. The number of piperidine rings is 1. The first-order valence-corrected chi connectivity index (χ1v) is 10.1. The minimum atomic E-state index is -0.0781. The highest BCUT2D eigenvalue weighted by Crippen LogP contribution is 2.26. The third-order valence-electron chi connectivity index (χ3n) is 4.93. The second-order valence-electron chi connectivity index (χ2n) is 7.14. The van der Waals surface area contributed by atoms with Crippen LogP contribution in [0.25, 0.3) is 0 Å². The molecule has 1 fully saturated rings. The number of likely N-dealkylation sites (tertiary alicyclic amines) is 1. The van der Waals surface area contributed by atoms with Gasteiger partial charge in [-0.15, -0.1) is 0 Å². The number of benzene rings is 1. The van der Waals surface area contributed by atoms with Crippen LogP contribution in [-0.2, 0) is 4.79 Å². The molecule has 0 aliphatic carbocycles. The molecular formula is C21H34N4O3. The van der Waals surface area contributed by atoms with Gasteiger partial charge in [-0.1, -0.05) is 12.1 Å². The van der Waals surface area contributed by atoms with E-state index < -0.39 is 0 Å². The molecule has 7 heteroatoms. The number of methoxy groups -OCH3 is 1. The third kappa shape index (κ3) is 6.62. The number of para-hydroxylation sites is 2. The van der Waals surface area contributed by atoms with E-state index in [0.29, 0.717) is 43.0 Å². The van der Waals surface area contributed by atoms with Crippen LogP contribution in [0.4, 0.5) is 0 Å². The molecule has 7 nitrogen and oxygen atoms in total. The summed E-state index contributed by atoms with van der Waals surface area (Å²) in [5.41, 5.74) is 0. The van der Waals surface area contributed by atoms with Gasteiger partial charge < -0.3 is 25.0 Å². The summed E-state index contributed by atoms with van der Waals surface area (Å²) in [4.78, 5) is 18.6. The van der Waals surface area contributed by atoms with E-state index in [4.69, 9.17) is 9.47 Å². The van der Waals surface area contributed by atoms with E-state index in [0.717, 1.165) is 19.4 Å². The van der Waals surface area contributed by atoms with Gasteiger partial charge in [0, 0.05) is 32.6 Å². The Kier molecular flexibility index (Phi) is 8.91. The van der Waals surface area contributed by atoms with Crippen LogP contribution in [0.3, 0.4) is 0 Å². The Hall–Kier alpha value is -2.44. The van der Waals surface area contributed by atoms with Crippen molar-refractivity contribution in [2.24, 2.45) is 4.99 Å². The molecule has 0 bridgehead atoms. The van der Waals surface area contributed by atoms with Crippen molar-refractivity contribution in [2.75, 3.05) is 33.8 Å². The minimum absolute atomic E-state index is 0.0781. The molecule has 156 valence electrons. The molecule has 1 saturated heterocycles. The van der Waals surface area contributed by atoms with Crippen LogP contribution in [0.15, 0.2) is 29.3 Å². The summed E-state index contributed by atoms with van der Waals surface area (Å²) >= 11 is 0. The second kappa shape index (κ2) is 11.4. The number of rotatable bonds is 8. The molecule has 1 amide bonds. The number of guanidine groups is 1. The van der Waals surface area contributed by atoms with Crippen molar-refractivity contribution >= 4 is 11.9 Å². The Morgan fingerprint density at radius 2 is 2.04 bits per heavy atom. The van der Waals surface area contributed by atoms with Crippen molar-refractivity contribution in [1.29, 1.82) is 0 Å². The van der Waals surface area contributed by atoms with E-state index in [1.54, 1.807) is 14.2 Å². The predicted octanol–water partition coefficient (Wildman–Crippen LogP) is 2.42. The highest BCUT2D eigenvalue weighted by molar-refractivity contribution is 5.81. The van der Waals surface area contributed by atoms with Gasteiger partial charge in [0.25, 0.3) is 0 Å². The van der Waals surface area contributed by atoms with E-state index in [2.05, 4.69) is 22.5 Å². The van der Waals surface area contributed by atoms with Gasteiger partial charge in [-0.3, -0.25) is 9.79 Å². The minimum Gasteiger partial charge on any atom is -0.493 e. The molecule has 1 heterocycles. The SMILES string of the molecule is CN=C(NCCC(=O)N1CCCCC1C)NCC(C)Oc1ccccc1OC. The zero-order chi connectivity index (χ0) is 20.4. The summed E-state index contributed by atoms with van der Waals surface area (Å²) in [6.07, 6.45) is 3.82. The van der Waals surface area contributed by atoms with Gasteiger partial charge in [0.1, 0.15) is 6.10 Å². The van der Waals surface area contributed by atoms with Gasteiger partial charge in [-0.2, -0.15) is 0 Å². The summed E-state index contributed by atoms with van der Waals surface area (Å²) in [6, 6.07) is 7.93. The molecule has 0 spiro atoms. The molecule has 2 unspecified atom stereocenters. The maximum Gasteiger partial charge on any atom is 0.224 e. The van der Waals surface area contributed by atoms with E-state index in [1.165, 1.54) is 6.42 Å². The molecule has 1 aromatic carbocycles. The van der Waals surface area contributed by atoms with Crippen LogP contribution in [0.5, 0.6) is 11.5 Å². The summed E-state index contributed by atoms with van der Waals surface area (Å²) < 4.78 is 11.2. The van der Waals surface area contributed by atoms with E-state index in [-0.39, 0.29) is 12.0 Å². The van der Waals surface area contributed by atoms with Gasteiger partial charge in [0.05, 0.1) is 13.7 Å². The molecule has 28 heavy (non-hydrogen) atoms. The number of nitrogens with zero attached hydrogens (tertiary/aromatic N) is 2.